The van der Waals surface area contributed by atoms with Crippen molar-refractivity contribution < 1.29 is 4.79 Å². The highest BCUT2D eigenvalue weighted by Gasteiger charge is 2.12. The van der Waals surface area contributed by atoms with Gasteiger partial charge in [-0.15, -0.1) is 5.10 Å². The van der Waals surface area contributed by atoms with E-state index in [9.17, 15) is 4.79 Å². The van der Waals surface area contributed by atoms with Gasteiger partial charge >= 0.3 is 0 Å². The van der Waals surface area contributed by atoms with E-state index in [1.165, 1.54) is 0 Å². The molecule has 0 bridgehead atoms. The van der Waals surface area contributed by atoms with Crippen LogP contribution in [0.2, 0.25) is 0 Å². The summed E-state index contributed by atoms with van der Waals surface area (Å²) in [6, 6.07) is 5.47. The Bertz CT molecular complexity index is 503. The molecule has 2 N–H and O–H groups in total. The van der Waals surface area contributed by atoms with Crippen LogP contribution < -0.4 is 5.73 Å². The number of ketones is 1. The summed E-state index contributed by atoms with van der Waals surface area (Å²) in [5.74, 6) is 0.0172. The molecular formula is C10H12N4O. The lowest BCUT2D eigenvalue weighted by Gasteiger charge is -1.99. The van der Waals surface area contributed by atoms with E-state index >= 15 is 0 Å². The molecule has 1 aromatic heterocycles. The summed E-state index contributed by atoms with van der Waals surface area (Å²) in [6.45, 7) is 0.357. The molecule has 0 aliphatic rings. The molecule has 1 heterocycles. The number of aromatic nitrogens is 3. The highest BCUT2D eigenvalue weighted by molar-refractivity contribution is 6.05. The van der Waals surface area contributed by atoms with E-state index in [1.54, 1.807) is 17.8 Å². The third kappa shape index (κ3) is 1.61. The van der Waals surface area contributed by atoms with Crippen LogP contribution in [0, 0.1) is 0 Å². The van der Waals surface area contributed by atoms with E-state index < -0.39 is 0 Å². The normalized spacial score (nSPS) is 10.8. The molecule has 1 aromatic carbocycles. The Balaban J connectivity index is 2.56. The second-order valence-electron chi connectivity index (χ2n) is 3.35. The first-order valence-electron chi connectivity index (χ1n) is 4.75. The number of rotatable bonds is 3. The maximum atomic E-state index is 11.7. The molecule has 0 saturated carbocycles. The molecule has 0 aliphatic carbocycles. The van der Waals surface area contributed by atoms with Gasteiger partial charge in [0.1, 0.15) is 5.52 Å². The number of hydrogen-bond donors (Lipinski definition) is 1. The predicted octanol–water partition coefficient (Wildman–Crippen LogP) is 0.500. The summed E-state index contributed by atoms with van der Waals surface area (Å²) in [6.07, 6.45) is 0.343. The number of Topliss-reactive ketones (excluding diaryl/α,β-unsaturated/α-hetero) is 1. The highest BCUT2D eigenvalue weighted by Crippen LogP contribution is 2.16. The van der Waals surface area contributed by atoms with Crippen LogP contribution in [-0.2, 0) is 7.05 Å². The summed E-state index contributed by atoms with van der Waals surface area (Å²) < 4.78 is 1.65. The smallest absolute Gasteiger partial charge is 0.166 e. The van der Waals surface area contributed by atoms with Crippen LogP contribution in [0.5, 0.6) is 0 Å². The van der Waals surface area contributed by atoms with Crippen LogP contribution >= 0.6 is 0 Å². The summed E-state index contributed by atoms with van der Waals surface area (Å²) in [5, 5.41) is 7.85. The number of nitrogens with zero attached hydrogens (tertiary/aromatic N) is 3. The number of benzene rings is 1. The lowest BCUT2D eigenvalue weighted by molar-refractivity contribution is 0.0987. The second kappa shape index (κ2) is 3.78. The molecule has 0 radical (unpaired) electrons. The Kier molecular flexibility index (Phi) is 2.47. The maximum absolute atomic E-state index is 11.7. The van der Waals surface area contributed by atoms with Crippen molar-refractivity contribution in [3.63, 3.8) is 0 Å². The number of carbonyl (C=O) groups is 1. The third-order valence-electron chi connectivity index (χ3n) is 2.31. The molecule has 0 saturated heterocycles. The summed E-state index contributed by atoms with van der Waals surface area (Å²) >= 11 is 0. The van der Waals surface area contributed by atoms with E-state index in [2.05, 4.69) is 10.3 Å². The van der Waals surface area contributed by atoms with Crippen LogP contribution in [0.3, 0.4) is 0 Å². The van der Waals surface area contributed by atoms with Gasteiger partial charge in [0, 0.05) is 19.0 Å². The van der Waals surface area contributed by atoms with Gasteiger partial charge in [0.25, 0.3) is 0 Å². The van der Waals surface area contributed by atoms with Crippen molar-refractivity contribution in [2.45, 2.75) is 6.42 Å². The first kappa shape index (κ1) is 9.79. The van der Waals surface area contributed by atoms with E-state index in [0.29, 0.717) is 24.0 Å². The van der Waals surface area contributed by atoms with Gasteiger partial charge in [0.15, 0.2) is 5.78 Å². The average Bonchev–Trinajstić information content (AvgIpc) is 2.61. The fraction of sp³-hybridized carbons (Fsp3) is 0.300. The second-order valence-corrected chi connectivity index (χ2v) is 3.35. The topological polar surface area (TPSA) is 73.8 Å². The van der Waals surface area contributed by atoms with Crippen LogP contribution in [0.1, 0.15) is 16.8 Å². The van der Waals surface area contributed by atoms with Gasteiger partial charge in [0.05, 0.1) is 5.52 Å². The monoisotopic (exact) mass is 204 g/mol. The Hall–Kier alpha value is -1.75. The minimum absolute atomic E-state index is 0.0172. The molecular weight excluding hydrogens is 192 g/mol. The average molecular weight is 204 g/mol. The largest absolute Gasteiger partial charge is 0.330 e. The minimum Gasteiger partial charge on any atom is -0.330 e. The third-order valence-corrected chi connectivity index (χ3v) is 2.31. The van der Waals surface area contributed by atoms with Crippen LogP contribution in [-0.4, -0.2) is 27.3 Å². The first-order chi connectivity index (χ1) is 7.24. The number of nitrogens with two attached hydrogens (primary N) is 1. The van der Waals surface area contributed by atoms with Crippen LogP contribution in [0.25, 0.3) is 11.0 Å². The van der Waals surface area contributed by atoms with Crippen molar-refractivity contribution in [3.8, 4) is 0 Å². The molecule has 5 nitrogen and oxygen atoms in total. The van der Waals surface area contributed by atoms with E-state index in [1.807, 2.05) is 12.1 Å². The number of fused-ring (bicyclic) bond motifs is 1. The van der Waals surface area contributed by atoms with Crippen molar-refractivity contribution in [1.29, 1.82) is 0 Å². The summed E-state index contributed by atoms with van der Waals surface area (Å²) in [5.41, 5.74) is 7.47. The van der Waals surface area contributed by atoms with Gasteiger partial charge in [-0.05, 0) is 18.7 Å². The van der Waals surface area contributed by atoms with E-state index in [0.717, 1.165) is 5.52 Å². The van der Waals surface area contributed by atoms with Gasteiger partial charge in [-0.2, -0.15) is 0 Å². The zero-order valence-electron chi connectivity index (χ0n) is 8.47. The van der Waals surface area contributed by atoms with Gasteiger partial charge in [-0.1, -0.05) is 11.3 Å². The molecule has 0 spiro atoms. The lowest BCUT2D eigenvalue weighted by Crippen LogP contribution is -2.08. The van der Waals surface area contributed by atoms with Crippen molar-refractivity contribution in [2.75, 3.05) is 6.54 Å². The Morgan fingerprint density at radius 2 is 2.33 bits per heavy atom. The van der Waals surface area contributed by atoms with Crippen molar-refractivity contribution in [2.24, 2.45) is 12.8 Å². The van der Waals surface area contributed by atoms with Gasteiger partial charge in [-0.3, -0.25) is 4.79 Å². The SMILES string of the molecule is Cn1nnc2c(C(=O)CCN)cccc21. The quantitative estimate of drug-likeness (QED) is 0.739. The molecule has 15 heavy (non-hydrogen) atoms. The standard InChI is InChI=1S/C10H12N4O/c1-14-8-4-2-3-7(9(15)5-6-11)10(8)12-13-14/h2-4H,5-6,11H2,1H3. The van der Waals surface area contributed by atoms with Gasteiger partial charge in [0.2, 0.25) is 0 Å². The Morgan fingerprint density at radius 1 is 1.53 bits per heavy atom. The minimum atomic E-state index is 0.0172. The molecule has 5 heteroatoms. The van der Waals surface area contributed by atoms with Crippen molar-refractivity contribution in [1.82, 2.24) is 15.0 Å². The summed E-state index contributed by atoms with van der Waals surface area (Å²) in [4.78, 5) is 11.7. The van der Waals surface area contributed by atoms with Crippen molar-refractivity contribution >= 4 is 16.8 Å². The molecule has 0 unspecified atom stereocenters. The fourth-order valence-electron chi connectivity index (χ4n) is 1.55. The zero-order valence-corrected chi connectivity index (χ0v) is 8.47. The predicted molar refractivity (Wildman–Crippen MR) is 56.5 cm³/mol. The van der Waals surface area contributed by atoms with Gasteiger partial charge < -0.3 is 5.73 Å². The number of aryl methyl sites for hydroxylation is 1. The fourth-order valence-corrected chi connectivity index (χ4v) is 1.55. The van der Waals surface area contributed by atoms with E-state index in [-0.39, 0.29) is 5.78 Å². The number of carbonyl (C=O) groups excluding carboxylic acids is 1. The molecule has 0 fully saturated rings. The first-order valence-corrected chi connectivity index (χ1v) is 4.75. The molecule has 0 amide bonds. The Labute approximate surface area is 86.9 Å². The lowest BCUT2D eigenvalue weighted by atomic mass is 10.1. The van der Waals surface area contributed by atoms with Crippen LogP contribution in [0.15, 0.2) is 18.2 Å². The molecule has 78 valence electrons. The van der Waals surface area contributed by atoms with Crippen molar-refractivity contribution in [3.05, 3.63) is 23.8 Å². The Morgan fingerprint density at radius 3 is 3.07 bits per heavy atom. The molecule has 0 aliphatic heterocycles. The molecule has 2 rings (SSSR count). The molecule has 0 atom stereocenters. The zero-order chi connectivity index (χ0) is 10.8. The van der Waals surface area contributed by atoms with Gasteiger partial charge in [-0.25, -0.2) is 4.68 Å². The molecule has 2 aromatic rings. The number of hydrogen-bond acceptors (Lipinski definition) is 4. The highest BCUT2D eigenvalue weighted by atomic mass is 16.1. The van der Waals surface area contributed by atoms with E-state index in [4.69, 9.17) is 5.73 Å². The van der Waals surface area contributed by atoms with Crippen LogP contribution in [0.4, 0.5) is 0 Å². The maximum Gasteiger partial charge on any atom is 0.166 e. The summed E-state index contributed by atoms with van der Waals surface area (Å²) in [7, 11) is 1.80.